The van der Waals surface area contributed by atoms with Crippen molar-refractivity contribution in [3.8, 4) is 11.8 Å². The van der Waals surface area contributed by atoms with Crippen LogP contribution in [-0.2, 0) is 19.1 Å². The van der Waals surface area contributed by atoms with Crippen LogP contribution in [0.4, 0.5) is 0 Å². The third-order valence-corrected chi connectivity index (χ3v) is 2.45. The number of hydrogen-bond acceptors (Lipinski definition) is 4. The fourth-order valence-electron chi connectivity index (χ4n) is 1.61. The van der Waals surface area contributed by atoms with Crippen molar-refractivity contribution in [2.75, 3.05) is 13.7 Å². The molecule has 0 heterocycles. The second-order valence-electron chi connectivity index (χ2n) is 3.61. The minimum absolute atomic E-state index is 0.179. The molecule has 1 aliphatic rings. The van der Waals surface area contributed by atoms with Gasteiger partial charge in [0.25, 0.3) is 0 Å². The predicted octanol–water partition coefficient (Wildman–Crippen LogP) is 1.60. The Morgan fingerprint density at radius 1 is 1.29 bits per heavy atom. The van der Waals surface area contributed by atoms with Gasteiger partial charge in [0.15, 0.2) is 0 Å². The van der Waals surface area contributed by atoms with Crippen molar-refractivity contribution in [2.24, 2.45) is 0 Å². The lowest BCUT2D eigenvalue weighted by molar-refractivity contribution is -0.150. The highest BCUT2D eigenvalue weighted by Crippen LogP contribution is 2.24. The first-order valence-electron chi connectivity index (χ1n) is 5.68. The Hall–Kier alpha value is -1.76. The summed E-state index contributed by atoms with van der Waals surface area (Å²) in [6, 6.07) is 0. The molecule has 0 saturated heterocycles. The molecule has 0 N–H and O–H groups in total. The summed E-state index contributed by atoms with van der Waals surface area (Å²) < 4.78 is 9.75. The molecule has 0 aromatic heterocycles. The molecule has 0 saturated carbocycles. The van der Waals surface area contributed by atoms with Gasteiger partial charge in [-0.3, -0.25) is 4.79 Å². The van der Waals surface area contributed by atoms with Gasteiger partial charge in [-0.05, 0) is 32.1 Å². The minimum atomic E-state index is -0.893. The van der Waals surface area contributed by atoms with Crippen molar-refractivity contribution < 1.29 is 19.1 Å². The summed E-state index contributed by atoms with van der Waals surface area (Å²) in [5.41, 5.74) is 0.816. The van der Waals surface area contributed by atoms with Crippen molar-refractivity contribution in [3.63, 3.8) is 0 Å². The number of hydrogen-bond donors (Lipinski definition) is 0. The summed E-state index contributed by atoms with van der Waals surface area (Å²) in [7, 11) is 1.59. The molecule has 0 spiro atoms. The molecular weight excluding hydrogens is 220 g/mol. The van der Waals surface area contributed by atoms with E-state index in [4.69, 9.17) is 4.74 Å². The average molecular weight is 236 g/mol. The van der Waals surface area contributed by atoms with E-state index >= 15 is 0 Å². The smallest absolute Gasteiger partial charge is 0.388 e. The van der Waals surface area contributed by atoms with Crippen molar-refractivity contribution in [2.45, 2.75) is 32.6 Å². The second kappa shape index (κ2) is 6.74. The maximum absolute atomic E-state index is 11.3. The van der Waals surface area contributed by atoms with Crippen LogP contribution in [0.1, 0.15) is 32.6 Å². The fourth-order valence-corrected chi connectivity index (χ4v) is 1.61. The van der Waals surface area contributed by atoms with E-state index in [-0.39, 0.29) is 6.61 Å². The topological polar surface area (TPSA) is 52.6 Å². The van der Waals surface area contributed by atoms with E-state index in [1.807, 2.05) is 0 Å². The molecule has 0 amide bonds. The number of ether oxygens (including phenoxy) is 2. The highest BCUT2D eigenvalue weighted by atomic mass is 16.5. The minimum Gasteiger partial charge on any atom is -0.500 e. The highest BCUT2D eigenvalue weighted by molar-refractivity contribution is 6.40. The Bertz CT molecular complexity index is 395. The third kappa shape index (κ3) is 3.95. The average Bonchev–Trinajstić information content (AvgIpc) is 2.36. The summed E-state index contributed by atoms with van der Waals surface area (Å²) in [4.78, 5) is 22.3. The molecular formula is C13H16O4. The Morgan fingerprint density at radius 3 is 2.65 bits per heavy atom. The zero-order valence-corrected chi connectivity index (χ0v) is 10.2. The maximum Gasteiger partial charge on any atom is 0.388 e. The van der Waals surface area contributed by atoms with Crippen LogP contribution in [0, 0.1) is 11.8 Å². The number of Topliss-reactive ketones (excluding diaryl/α,β-unsaturated/α-hetero) is 1. The zero-order chi connectivity index (χ0) is 12.7. The Kier molecular flexibility index (Phi) is 5.28. The SMILES string of the molecule is CCOC(=O)C(=O)C#CC1=C(OC)CCCC1. The van der Waals surface area contributed by atoms with Gasteiger partial charge in [0.1, 0.15) is 5.76 Å². The molecule has 4 heteroatoms. The number of ketones is 1. The highest BCUT2D eigenvalue weighted by Gasteiger charge is 2.14. The number of methoxy groups -OCH3 is 1. The zero-order valence-electron chi connectivity index (χ0n) is 10.2. The molecule has 0 fully saturated rings. The summed E-state index contributed by atoms with van der Waals surface area (Å²) in [6.45, 7) is 1.82. The summed E-state index contributed by atoms with van der Waals surface area (Å²) in [5, 5.41) is 0. The van der Waals surface area contributed by atoms with Crippen LogP contribution in [0.25, 0.3) is 0 Å². The van der Waals surface area contributed by atoms with Crippen molar-refractivity contribution >= 4 is 11.8 Å². The lowest BCUT2D eigenvalue weighted by atomic mass is 9.98. The monoisotopic (exact) mass is 236 g/mol. The van der Waals surface area contributed by atoms with E-state index in [1.54, 1.807) is 14.0 Å². The first-order chi connectivity index (χ1) is 8.19. The third-order valence-electron chi connectivity index (χ3n) is 2.45. The molecule has 0 aromatic carbocycles. The van der Waals surface area contributed by atoms with Crippen molar-refractivity contribution in [1.29, 1.82) is 0 Å². The van der Waals surface area contributed by atoms with Crippen LogP contribution in [-0.4, -0.2) is 25.5 Å². The largest absolute Gasteiger partial charge is 0.500 e. The number of allylic oxidation sites excluding steroid dienone is 2. The molecule has 0 radical (unpaired) electrons. The van der Waals surface area contributed by atoms with E-state index in [0.717, 1.165) is 37.0 Å². The van der Waals surface area contributed by atoms with Crippen LogP contribution < -0.4 is 0 Å². The van der Waals surface area contributed by atoms with Gasteiger partial charge in [-0.25, -0.2) is 4.79 Å². The van der Waals surface area contributed by atoms with Gasteiger partial charge in [0, 0.05) is 12.0 Å². The van der Waals surface area contributed by atoms with Gasteiger partial charge in [0.2, 0.25) is 0 Å². The first kappa shape index (κ1) is 13.3. The lowest BCUT2D eigenvalue weighted by Crippen LogP contribution is -2.15. The van der Waals surface area contributed by atoms with Crippen molar-refractivity contribution in [3.05, 3.63) is 11.3 Å². The standard InChI is InChI=1S/C13H16O4/c1-3-17-13(15)11(14)9-8-10-6-4-5-7-12(10)16-2/h3-7H2,1-2H3. The van der Waals surface area contributed by atoms with Crippen LogP contribution in [0.2, 0.25) is 0 Å². The van der Waals surface area contributed by atoms with Crippen molar-refractivity contribution in [1.82, 2.24) is 0 Å². The molecule has 0 atom stereocenters. The number of rotatable bonds is 3. The van der Waals surface area contributed by atoms with E-state index in [0.29, 0.717) is 0 Å². The molecule has 1 rings (SSSR count). The molecule has 92 valence electrons. The van der Waals surface area contributed by atoms with E-state index < -0.39 is 11.8 Å². The molecule has 1 aliphatic carbocycles. The Balaban J connectivity index is 2.73. The summed E-state index contributed by atoms with van der Waals surface area (Å²) >= 11 is 0. The van der Waals surface area contributed by atoms with Gasteiger partial charge in [-0.2, -0.15) is 0 Å². The molecule has 0 unspecified atom stereocenters. The van der Waals surface area contributed by atoms with Crippen LogP contribution in [0.15, 0.2) is 11.3 Å². The maximum atomic E-state index is 11.3. The Morgan fingerprint density at radius 2 is 2.00 bits per heavy atom. The van der Waals surface area contributed by atoms with Gasteiger partial charge in [-0.1, -0.05) is 5.92 Å². The predicted molar refractivity (Wildman–Crippen MR) is 61.9 cm³/mol. The van der Waals surface area contributed by atoms with Gasteiger partial charge in [0.05, 0.1) is 13.7 Å². The van der Waals surface area contributed by atoms with E-state index in [9.17, 15) is 9.59 Å². The lowest BCUT2D eigenvalue weighted by Gasteiger charge is -2.14. The quantitative estimate of drug-likeness (QED) is 0.323. The molecule has 0 bridgehead atoms. The van der Waals surface area contributed by atoms with E-state index in [2.05, 4.69) is 16.6 Å². The first-order valence-corrected chi connectivity index (χ1v) is 5.68. The fraction of sp³-hybridized carbons (Fsp3) is 0.538. The second-order valence-corrected chi connectivity index (χ2v) is 3.61. The normalized spacial score (nSPS) is 14.7. The molecule has 0 aliphatic heterocycles. The summed E-state index contributed by atoms with van der Waals surface area (Å²) in [5.74, 6) is 4.14. The molecule has 4 nitrogen and oxygen atoms in total. The van der Waals surface area contributed by atoms with Gasteiger partial charge >= 0.3 is 11.8 Å². The summed E-state index contributed by atoms with van der Waals surface area (Å²) in [6.07, 6.45) is 3.74. The van der Waals surface area contributed by atoms with Crippen LogP contribution in [0.3, 0.4) is 0 Å². The van der Waals surface area contributed by atoms with Crippen LogP contribution >= 0.6 is 0 Å². The molecule has 17 heavy (non-hydrogen) atoms. The van der Waals surface area contributed by atoms with E-state index in [1.165, 1.54) is 0 Å². The van der Waals surface area contributed by atoms with Gasteiger partial charge < -0.3 is 9.47 Å². The number of carbonyl (C=O) groups excluding carboxylic acids is 2. The Labute approximate surface area is 101 Å². The van der Waals surface area contributed by atoms with Gasteiger partial charge in [-0.15, -0.1) is 0 Å². The number of esters is 1. The molecule has 0 aromatic rings. The number of carbonyl (C=O) groups is 2. The van der Waals surface area contributed by atoms with Crippen LogP contribution in [0.5, 0.6) is 0 Å².